The van der Waals surface area contributed by atoms with Gasteiger partial charge in [-0.05, 0) is 51.1 Å². The van der Waals surface area contributed by atoms with Crippen LogP contribution in [0.3, 0.4) is 0 Å². The Morgan fingerprint density at radius 2 is 1.69 bits per heavy atom. The Morgan fingerprint density at radius 1 is 1.08 bits per heavy atom. The fourth-order valence-corrected chi connectivity index (χ4v) is 3.23. The van der Waals surface area contributed by atoms with Crippen molar-refractivity contribution in [3.05, 3.63) is 0 Å². The lowest BCUT2D eigenvalue weighted by Crippen LogP contribution is -2.39. The standard InChI is InChI=1S/C10H20N2S/c1-11-6-3-10(4-7-11)5-8-12(9-10)13-2/h3-9H2,1-2H3. The van der Waals surface area contributed by atoms with Crippen LogP contribution in [0.1, 0.15) is 19.3 Å². The third kappa shape index (κ3) is 2.03. The monoisotopic (exact) mass is 200 g/mol. The molecule has 2 fully saturated rings. The molecule has 0 amide bonds. The van der Waals surface area contributed by atoms with E-state index in [-0.39, 0.29) is 0 Å². The lowest BCUT2D eigenvalue weighted by Gasteiger charge is -2.37. The quantitative estimate of drug-likeness (QED) is 0.595. The molecular formula is C10H20N2S. The highest BCUT2D eigenvalue weighted by atomic mass is 32.2. The molecule has 0 bridgehead atoms. The Labute approximate surface area is 85.8 Å². The van der Waals surface area contributed by atoms with Gasteiger partial charge in [0.25, 0.3) is 0 Å². The maximum absolute atomic E-state index is 2.53. The van der Waals surface area contributed by atoms with Crippen molar-refractivity contribution in [2.45, 2.75) is 19.3 Å². The number of nitrogens with zero attached hydrogens (tertiary/aromatic N) is 2. The molecule has 0 aromatic heterocycles. The van der Waals surface area contributed by atoms with Crippen LogP contribution < -0.4 is 0 Å². The Morgan fingerprint density at radius 3 is 2.23 bits per heavy atom. The normalized spacial score (nSPS) is 30.0. The van der Waals surface area contributed by atoms with Crippen molar-refractivity contribution in [3.8, 4) is 0 Å². The van der Waals surface area contributed by atoms with Crippen LogP contribution in [0.15, 0.2) is 0 Å². The van der Waals surface area contributed by atoms with E-state index in [0.717, 1.165) is 0 Å². The average molecular weight is 200 g/mol. The molecule has 0 saturated carbocycles. The van der Waals surface area contributed by atoms with E-state index in [0.29, 0.717) is 5.41 Å². The van der Waals surface area contributed by atoms with Crippen molar-refractivity contribution >= 4 is 11.9 Å². The van der Waals surface area contributed by atoms with Gasteiger partial charge in [-0.25, -0.2) is 0 Å². The van der Waals surface area contributed by atoms with Gasteiger partial charge in [0.05, 0.1) is 0 Å². The summed E-state index contributed by atoms with van der Waals surface area (Å²) in [5, 5.41) is 0. The first kappa shape index (κ1) is 9.81. The Bertz CT molecular complexity index is 176. The van der Waals surface area contributed by atoms with Gasteiger partial charge in [-0.2, -0.15) is 0 Å². The van der Waals surface area contributed by atoms with Crippen LogP contribution in [-0.4, -0.2) is 48.7 Å². The molecule has 0 N–H and O–H groups in total. The predicted molar refractivity (Wildman–Crippen MR) is 58.9 cm³/mol. The molecular weight excluding hydrogens is 180 g/mol. The minimum absolute atomic E-state index is 0.690. The second-order valence-corrected chi connectivity index (χ2v) is 5.48. The van der Waals surface area contributed by atoms with Gasteiger partial charge in [-0.1, -0.05) is 11.9 Å². The van der Waals surface area contributed by atoms with Gasteiger partial charge >= 0.3 is 0 Å². The summed E-state index contributed by atoms with van der Waals surface area (Å²) in [6, 6.07) is 0. The molecule has 2 heterocycles. The zero-order valence-corrected chi connectivity index (χ0v) is 9.57. The first-order chi connectivity index (χ1) is 6.24. The van der Waals surface area contributed by atoms with Gasteiger partial charge in [0.2, 0.25) is 0 Å². The summed E-state index contributed by atoms with van der Waals surface area (Å²) in [5.74, 6) is 0. The van der Waals surface area contributed by atoms with E-state index in [1.165, 1.54) is 45.4 Å². The largest absolute Gasteiger partial charge is 0.306 e. The zero-order valence-electron chi connectivity index (χ0n) is 8.75. The molecule has 0 aliphatic carbocycles. The highest BCUT2D eigenvalue weighted by Crippen LogP contribution is 2.41. The van der Waals surface area contributed by atoms with Gasteiger partial charge in [-0.3, -0.25) is 4.31 Å². The zero-order chi connectivity index (χ0) is 9.31. The summed E-state index contributed by atoms with van der Waals surface area (Å²) in [4.78, 5) is 2.47. The number of rotatable bonds is 1. The first-order valence-electron chi connectivity index (χ1n) is 5.22. The molecule has 0 unspecified atom stereocenters. The van der Waals surface area contributed by atoms with Gasteiger partial charge in [0.1, 0.15) is 0 Å². The minimum Gasteiger partial charge on any atom is -0.306 e. The van der Waals surface area contributed by atoms with Gasteiger partial charge in [0.15, 0.2) is 0 Å². The summed E-state index contributed by atoms with van der Waals surface area (Å²) in [6.45, 7) is 5.26. The van der Waals surface area contributed by atoms with E-state index in [9.17, 15) is 0 Å². The van der Waals surface area contributed by atoms with Gasteiger partial charge in [-0.15, -0.1) is 0 Å². The van der Waals surface area contributed by atoms with Crippen molar-refractivity contribution in [1.82, 2.24) is 9.21 Å². The van der Waals surface area contributed by atoms with Gasteiger partial charge < -0.3 is 4.90 Å². The van der Waals surface area contributed by atoms with Crippen LogP contribution >= 0.6 is 11.9 Å². The summed E-state index contributed by atoms with van der Waals surface area (Å²) in [6.07, 6.45) is 6.47. The van der Waals surface area contributed by atoms with E-state index < -0.39 is 0 Å². The van der Waals surface area contributed by atoms with Crippen molar-refractivity contribution < 1.29 is 0 Å². The number of hydrogen-bond donors (Lipinski definition) is 0. The van der Waals surface area contributed by atoms with Crippen LogP contribution in [0, 0.1) is 5.41 Å². The van der Waals surface area contributed by atoms with E-state index in [1.807, 2.05) is 11.9 Å². The minimum atomic E-state index is 0.690. The predicted octanol–water partition coefficient (Wildman–Crippen LogP) is 1.68. The van der Waals surface area contributed by atoms with E-state index in [1.54, 1.807) is 0 Å². The number of hydrogen-bond acceptors (Lipinski definition) is 3. The lowest BCUT2D eigenvalue weighted by atomic mass is 9.78. The smallest absolute Gasteiger partial charge is 0.0147 e. The Kier molecular flexibility index (Phi) is 2.86. The molecule has 2 rings (SSSR count). The van der Waals surface area contributed by atoms with Gasteiger partial charge in [0, 0.05) is 13.1 Å². The van der Waals surface area contributed by atoms with Crippen molar-refractivity contribution in [2.24, 2.45) is 5.41 Å². The average Bonchev–Trinajstić information content (AvgIpc) is 2.55. The molecule has 2 saturated heterocycles. The molecule has 1 spiro atoms. The summed E-state index contributed by atoms with van der Waals surface area (Å²) in [5.41, 5.74) is 0.690. The van der Waals surface area contributed by atoms with Crippen LogP contribution in [0.4, 0.5) is 0 Å². The van der Waals surface area contributed by atoms with Crippen molar-refractivity contribution in [3.63, 3.8) is 0 Å². The SMILES string of the molecule is CSN1CCC2(CCN(C)CC2)C1. The first-order valence-corrected chi connectivity index (χ1v) is 6.40. The van der Waals surface area contributed by atoms with Crippen LogP contribution in [-0.2, 0) is 0 Å². The second-order valence-electron chi connectivity index (χ2n) is 4.60. The van der Waals surface area contributed by atoms with Crippen molar-refractivity contribution in [1.29, 1.82) is 0 Å². The molecule has 0 radical (unpaired) electrons. The topological polar surface area (TPSA) is 6.48 Å². The van der Waals surface area contributed by atoms with Crippen LogP contribution in [0.25, 0.3) is 0 Å². The maximum atomic E-state index is 2.53. The van der Waals surface area contributed by atoms with E-state index >= 15 is 0 Å². The molecule has 13 heavy (non-hydrogen) atoms. The maximum Gasteiger partial charge on any atom is 0.0147 e. The molecule has 0 atom stereocenters. The Hall–Kier alpha value is 0.270. The number of likely N-dealkylation sites (tertiary alicyclic amines) is 1. The third-order valence-corrected chi connectivity index (χ3v) is 4.54. The molecule has 0 aromatic rings. The van der Waals surface area contributed by atoms with E-state index in [2.05, 4.69) is 22.5 Å². The van der Waals surface area contributed by atoms with Crippen molar-refractivity contribution in [2.75, 3.05) is 39.5 Å². The molecule has 2 nitrogen and oxygen atoms in total. The third-order valence-electron chi connectivity index (χ3n) is 3.71. The highest BCUT2D eigenvalue weighted by molar-refractivity contribution is 7.96. The number of piperidine rings is 1. The van der Waals surface area contributed by atoms with Crippen LogP contribution in [0.2, 0.25) is 0 Å². The molecule has 0 aromatic carbocycles. The summed E-state index contributed by atoms with van der Waals surface area (Å²) < 4.78 is 2.53. The fraction of sp³-hybridized carbons (Fsp3) is 1.00. The lowest BCUT2D eigenvalue weighted by molar-refractivity contribution is 0.135. The summed E-state index contributed by atoms with van der Waals surface area (Å²) >= 11 is 1.92. The molecule has 2 aliphatic rings. The molecule has 2 aliphatic heterocycles. The molecule has 76 valence electrons. The second kappa shape index (κ2) is 3.79. The fourth-order valence-electron chi connectivity index (χ4n) is 2.55. The molecule has 3 heteroatoms. The highest BCUT2D eigenvalue weighted by Gasteiger charge is 2.39. The summed E-state index contributed by atoms with van der Waals surface area (Å²) in [7, 11) is 2.24. The van der Waals surface area contributed by atoms with E-state index in [4.69, 9.17) is 0 Å². The van der Waals surface area contributed by atoms with Crippen LogP contribution in [0.5, 0.6) is 0 Å². The Balaban J connectivity index is 1.92.